The van der Waals surface area contributed by atoms with E-state index in [0.717, 1.165) is 54.9 Å². The van der Waals surface area contributed by atoms with Gasteiger partial charge in [0.2, 0.25) is 0 Å². The Morgan fingerprint density at radius 1 is 0.486 bits per heavy atom. The van der Waals surface area contributed by atoms with E-state index in [1.165, 1.54) is 5.56 Å². The van der Waals surface area contributed by atoms with Crippen LogP contribution in [0.2, 0.25) is 0 Å². The molecule has 176 valence electrons. The summed E-state index contributed by atoms with van der Waals surface area (Å²) in [5, 5.41) is 27.0. The Morgan fingerprint density at radius 2 is 1.11 bits per heavy atom. The second-order valence-corrected chi connectivity index (χ2v) is 9.58. The lowest BCUT2D eigenvalue weighted by Gasteiger charge is -2.33. The highest BCUT2D eigenvalue weighted by molar-refractivity contribution is 6.18. The van der Waals surface area contributed by atoms with Gasteiger partial charge in [0.25, 0.3) is 0 Å². The maximum atomic E-state index is 11.5. The summed E-state index contributed by atoms with van der Waals surface area (Å²) in [5.74, 6) is 0.321. The summed E-state index contributed by atoms with van der Waals surface area (Å²) in [6, 6.07) is 42.8. The molecular weight excluding hydrogens is 452 g/mol. The largest absolute Gasteiger partial charge is 0.507 e. The molecule has 0 fully saturated rings. The maximum Gasteiger partial charge on any atom is 0.124 e. The van der Waals surface area contributed by atoms with E-state index in [4.69, 9.17) is 0 Å². The fourth-order valence-electron chi connectivity index (χ4n) is 6.03. The van der Waals surface area contributed by atoms with Gasteiger partial charge >= 0.3 is 0 Å². The molecule has 1 atom stereocenters. The number of phenolic OH excluding ortho intramolecular Hbond substituents is 2. The van der Waals surface area contributed by atoms with E-state index >= 15 is 0 Å². The molecule has 0 saturated heterocycles. The monoisotopic (exact) mass is 476 g/mol. The summed E-state index contributed by atoms with van der Waals surface area (Å²) in [4.78, 5) is 0. The van der Waals surface area contributed by atoms with Crippen molar-refractivity contribution in [3.05, 3.63) is 155 Å². The number of fused-ring (bicyclic) bond motifs is 1. The lowest BCUT2D eigenvalue weighted by molar-refractivity contribution is 0.472. The number of hydrogen-bond acceptors (Lipinski definition) is 2. The molecule has 0 saturated carbocycles. The molecule has 6 aromatic rings. The van der Waals surface area contributed by atoms with Gasteiger partial charge in [-0.2, -0.15) is 0 Å². The molecule has 0 unspecified atom stereocenters. The minimum Gasteiger partial charge on any atom is -0.507 e. The second kappa shape index (κ2) is 8.39. The topological polar surface area (TPSA) is 40.5 Å². The Labute approximate surface area is 215 Å². The first-order chi connectivity index (χ1) is 18.2. The van der Waals surface area contributed by atoms with E-state index in [0.29, 0.717) is 0 Å². The normalized spacial score (nSPS) is 14.9. The van der Waals surface area contributed by atoms with Gasteiger partial charge in [-0.05, 0) is 55.9 Å². The first kappa shape index (κ1) is 21.5. The van der Waals surface area contributed by atoms with Crippen LogP contribution in [0.4, 0.5) is 0 Å². The summed E-state index contributed by atoms with van der Waals surface area (Å²) < 4.78 is 0. The van der Waals surface area contributed by atoms with Crippen molar-refractivity contribution in [2.45, 2.75) is 5.92 Å². The van der Waals surface area contributed by atoms with Crippen molar-refractivity contribution >= 4 is 32.7 Å². The lowest BCUT2D eigenvalue weighted by atomic mass is 9.69. The van der Waals surface area contributed by atoms with Crippen molar-refractivity contribution in [1.82, 2.24) is 0 Å². The average molecular weight is 477 g/mol. The number of rotatable bonds is 3. The fraction of sp³-hybridized carbons (Fsp3) is 0.0286. The number of benzene rings is 6. The summed E-state index contributed by atoms with van der Waals surface area (Å²) in [7, 11) is 0. The Balaban J connectivity index is 1.75. The molecule has 0 heterocycles. The molecule has 0 spiro atoms. The van der Waals surface area contributed by atoms with Crippen molar-refractivity contribution in [3.8, 4) is 11.5 Å². The predicted octanol–water partition coefficient (Wildman–Crippen LogP) is 8.51. The molecular formula is C35H24O2. The third-order valence-electron chi connectivity index (χ3n) is 7.55. The molecule has 1 aliphatic carbocycles. The Bertz CT molecular complexity index is 1830. The van der Waals surface area contributed by atoms with E-state index in [1.807, 2.05) is 48.5 Å². The summed E-state index contributed by atoms with van der Waals surface area (Å²) in [5.41, 5.74) is 6.83. The molecule has 2 heteroatoms. The van der Waals surface area contributed by atoms with Crippen molar-refractivity contribution < 1.29 is 10.2 Å². The van der Waals surface area contributed by atoms with E-state index in [-0.39, 0.29) is 17.4 Å². The molecule has 7 rings (SSSR count). The molecule has 0 amide bonds. The lowest BCUT2D eigenvalue weighted by Crippen LogP contribution is -2.13. The first-order valence-electron chi connectivity index (χ1n) is 12.5. The highest BCUT2D eigenvalue weighted by Gasteiger charge is 2.35. The summed E-state index contributed by atoms with van der Waals surface area (Å²) in [6.45, 7) is 0. The van der Waals surface area contributed by atoms with Crippen LogP contribution >= 0.6 is 0 Å². The van der Waals surface area contributed by atoms with Crippen LogP contribution in [0.25, 0.3) is 32.7 Å². The Kier molecular flexibility index (Phi) is 4.87. The van der Waals surface area contributed by atoms with Gasteiger partial charge in [0.1, 0.15) is 11.5 Å². The van der Waals surface area contributed by atoms with Gasteiger partial charge in [0.15, 0.2) is 0 Å². The molecule has 0 bridgehead atoms. The van der Waals surface area contributed by atoms with Crippen LogP contribution in [0.3, 0.4) is 0 Å². The molecule has 0 radical (unpaired) electrons. The van der Waals surface area contributed by atoms with Crippen LogP contribution in [0.1, 0.15) is 33.7 Å². The standard InChI is InChI=1S/C35H24O2/c36-28-20-18-22-10-7-8-16-26(22)33(28)35-32(24-13-5-2-6-14-24)30(23-11-3-1-4-12-23)27-17-9-15-25-19-21-29(37)34(35)31(25)27/h1-21,30,36-37H/t30-/m1/s1. The molecule has 0 aromatic heterocycles. The summed E-state index contributed by atoms with van der Waals surface area (Å²) >= 11 is 0. The number of phenols is 2. The molecule has 6 aromatic carbocycles. The van der Waals surface area contributed by atoms with E-state index in [2.05, 4.69) is 66.7 Å². The van der Waals surface area contributed by atoms with Gasteiger partial charge in [-0.25, -0.2) is 0 Å². The summed E-state index contributed by atoms with van der Waals surface area (Å²) in [6.07, 6.45) is 0. The van der Waals surface area contributed by atoms with E-state index in [1.54, 1.807) is 12.1 Å². The SMILES string of the molecule is Oc1ccc2ccccc2c1C1=C(c2ccccc2)[C@H](c2ccccc2)c2cccc3ccc(O)c1c23. The minimum absolute atomic E-state index is 0.0880. The van der Waals surface area contributed by atoms with Crippen LogP contribution in [-0.2, 0) is 0 Å². The highest BCUT2D eigenvalue weighted by atomic mass is 16.3. The van der Waals surface area contributed by atoms with Gasteiger partial charge in [-0.3, -0.25) is 0 Å². The number of hydrogen-bond donors (Lipinski definition) is 2. The fourth-order valence-corrected chi connectivity index (χ4v) is 6.03. The zero-order valence-corrected chi connectivity index (χ0v) is 20.1. The van der Waals surface area contributed by atoms with Crippen LogP contribution in [0.15, 0.2) is 127 Å². The average Bonchev–Trinajstić information content (AvgIpc) is 2.95. The molecule has 2 nitrogen and oxygen atoms in total. The Hall–Kier alpha value is -4.82. The molecule has 1 aliphatic rings. The molecule has 0 aliphatic heterocycles. The second-order valence-electron chi connectivity index (χ2n) is 9.58. The minimum atomic E-state index is -0.0880. The first-order valence-corrected chi connectivity index (χ1v) is 12.5. The van der Waals surface area contributed by atoms with Crippen LogP contribution in [-0.4, -0.2) is 10.2 Å². The van der Waals surface area contributed by atoms with Crippen LogP contribution in [0, 0.1) is 0 Å². The van der Waals surface area contributed by atoms with Crippen molar-refractivity contribution in [2.75, 3.05) is 0 Å². The third-order valence-corrected chi connectivity index (χ3v) is 7.55. The van der Waals surface area contributed by atoms with Crippen molar-refractivity contribution in [2.24, 2.45) is 0 Å². The van der Waals surface area contributed by atoms with Gasteiger partial charge in [-0.15, -0.1) is 0 Å². The van der Waals surface area contributed by atoms with E-state index in [9.17, 15) is 10.2 Å². The quantitative estimate of drug-likeness (QED) is 0.269. The smallest absolute Gasteiger partial charge is 0.124 e. The predicted molar refractivity (Wildman–Crippen MR) is 152 cm³/mol. The molecule has 37 heavy (non-hydrogen) atoms. The zero-order chi connectivity index (χ0) is 24.9. The van der Waals surface area contributed by atoms with Crippen LogP contribution < -0.4 is 0 Å². The maximum absolute atomic E-state index is 11.5. The number of allylic oxidation sites excluding steroid dienone is 1. The van der Waals surface area contributed by atoms with Gasteiger partial charge in [0, 0.05) is 22.6 Å². The Morgan fingerprint density at radius 3 is 1.89 bits per heavy atom. The van der Waals surface area contributed by atoms with E-state index < -0.39 is 0 Å². The van der Waals surface area contributed by atoms with Crippen molar-refractivity contribution in [1.29, 1.82) is 0 Å². The number of aromatic hydroxyl groups is 2. The molecule has 2 N–H and O–H groups in total. The highest BCUT2D eigenvalue weighted by Crippen LogP contribution is 2.56. The van der Waals surface area contributed by atoms with Crippen molar-refractivity contribution in [3.63, 3.8) is 0 Å². The van der Waals surface area contributed by atoms with Crippen LogP contribution in [0.5, 0.6) is 11.5 Å². The van der Waals surface area contributed by atoms with Gasteiger partial charge < -0.3 is 10.2 Å². The van der Waals surface area contributed by atoms with Gasteiger partial charge in [0.05, 0.1) is 0 Å². The van der Waals surface area contributed by atoms with Gasteiger partial charge in [-0.1, -0.05) is 115 Å². The zero-order valence-electron chi connectivity index (χ0n) is 20.1. The third kappa shape index (κ3) is 3.26.